The molecule has 0 atom stereocenters. The molecule has 0 spiro atoms. The summed E-state index contributed by atoms with van der Waals surface area (Å²) in [4.78, 5) is 0. The molecule has 0 amide bonds. The van der Waals surface area contributed by atoms with Gasteiger partial charge in [0, 0.05) is 5.56 Å². The van der Waals surface area contributed by atoms with E-state index in [1.54, 1.807) is 0 Å². The molecule has 0 aromatic heterocycles. The molecule has 0 heterocycles. The van der Waals surface area contributed by atoms with Gasteiger partial charge in [-0.2, -0.15) is 0 Å². The maximum atomic E-state index is 5.81. The molecule has 2 N–H and O–H groups in total. The molecule has 0 bridgehead atoms. The third-order valence-corrected chi connectivity index (χ3v) is 2.19. The van der Waals surface area contributed by atoms with Crippen LogP contribution < -0.4 is 10.5 Å². The molecule has 0 radical (unpaired) electrons. The molecular formula is C14H17NO. The van der Waals surface area contributed by atoms with Crippen LogP contribution in [0.4, 0.5) is 0 Å². The van der Waals surface area contributed by atoms with Gasteiger partial charge in [-0.15, -0.1) is 0 Å². The van der Waals surface area contributed by atoms with Gasteiger partial charge >= 0.3 is 0 Å². The van der Waals surface area contributed by atoms with Crippen LogP contribution in [0.1, 0.15) is 32.3 Å². The van der Waals surface area contributed by atoms with Crippen molar-refractivity contribution in [2.24, 2.45) is 5.73 Å². The Kier molecular flexibility index (Phi) is 2.89. The third kappa shape index (κ3) is 3.60. The van der Waals surface area contributed by atoms with Crippen molar-refractivity contribution < 1.29 is 4.74 Å². The van der Waals surface area contributed by atoms with E-state index in [2.05, 4.69) is 11.8 Å². The van der Waals surface area contributed by atoms with E-state index >= 15 is 0 Å². The average Bonchev–Trinajstić information content (AvgIpc) is 2.98. The number of hydrogen-bond donors (Lipinski definition) is 1. The Labute approximate surface area is 96.8 Å². The second-order valence-electron chi connectivity index (χ2n) is 4.82. The fourth-order valence-electron chi connectivity index (χ4n) is 1.26. The molecule has 1 aromatic carbocycles. The van der Waals surface area contributed by atoms with Crippen LogP contribution in [-0.2, 0) is 0 Å². The molecule has 2 rings (SSSR count). The molecule has 2 nitrogen and oxygen atoms in total. The molecule has 1 saturated carbocycles. The summed E-state index contributed by atoms with van der Waals surface area (Å²) >= 11 is 0. The lowest BCUT2D eigenvalue weighted by Gasteiger charge is -2.08. The smallest absolute Gasteiger partial charge is 0.120 e. The van der Waals surface area contributed by atoms with Crippen molar-refractivity contribution in [1.82, 2.24) is 0 Å². The Morgan fingerprint density at radius 2 is 2.12 bits per heavy atom. The molecular weight excluding hydrogens is 198 g/mol. The van der Waals surface area contributed by atoms with Crippen molar-refractivity contribution in [2.75, 3.05) is 0 Å². The summed E-state index contributed by atoms with van der Waals surface area (Å²) in [7, 11) is 0. The van der Waals surface area contributed by atoms with Gasteiger partial charge in [0.1, 0.15) is 5.75 Å². The maximum absolute atomic E-state index is 5.81. The van der Waals surface area contributed by atoms with Gasteiger partial charge in [-0.3, -0.25) is 0 Å². The zero-order valence-electron chi connectivity index (χ0n) is 9.79. The van der Waals surface area contributed by atoms with Gasteiger partial charge in [0.05, 0.1) is 11.6 Å². The van der Waals surface area contributed by atoms with Gasteiger partial charge in [0.25, 0.3) is 0 Å². The van der Waals surface area contributed by atoms with E-state index in [1.807, 2.05) is 38.1 Å². The monoisotopic (exact) mass is 215 g/mol. The SMILES string of the molecule is CC(C)(N)C#Cc1cccc(OC2CC2)c1. The first kappa shape index (κ1) is 11.0. The molecule has 1 aliphatic rings. The highest BCUT2D eigenvalue weighted by Gasteiger charge is 2.23. The Morgan fingerprint density at radius 3 is 2.75 bits per heavy atom. The largest absolute Gasteiger partial charge is 0.490 e. The van der Waals surface area contributed by atoms with Crippen molar-refractivity contribution in [3.8, 4) is 17.6 Å². The molecule has 1 aromatic rings. The highest BCUT2D eigenvalue weighted by atomic mass is 16.5. The van der Waals surface area contributed by atoms with E-state index in [4.69, 9.17) is 10.5 Å². The van der Waals surface area contributed by atoms with Crippen LogP contribution in [-0.4, -0.2) is 11.6 Å². The fraction of sp³-hybridized carbons (Fsp3) is 0.429. The summed E-state index contributed by atoms with van der Waals surface area (Å²) in [5.74, 6) is 6.98. The summed E-state index contributed by atoms with van der Waals surface area (Å²) in [5, 5.41) is 0. The lowest BCUT2D eigenvalue weighted by atomic mass is 10.1. The minimum absolute atomic E-state index is 0.425. The number of hydrogen-bond acceptors (Lipinski definition) is 2. The summed E-state index contributed by atoms with van der Waals surface area (Å²) in [6.45, 7) is 3.79. The molecule has 0 saturated heterocycles. The van der Waals surface area contributed by atoms with Crippen molar-refractivity contribution in [3.63, 3.8) is 0 Å². The predicted molar refractivity (Wildman–Crippen MR) is 65.2 cm³/mol. The quantitative estimate of drug-likeness (QED) is 0.768. The Morgan fingerprint density at radius 1 is 1.38 bits per heavy atom. The van der Waals surface area contributed by atoms with E-state index in [-0.39, 0.29) is 0 Å². The van der Waals surface area contributed by atoms with Crippen LogP contribution in [0.2, 0.25) is 0 Å². The molecule has 1 aliphatic carbocycles. The number of nitrogens with two attached hydrogens (primary N) is 1. The van der Waals surface area contributed by atoms with Crippen LogP contribution >= 0.6 is 0 Å². The summed E-state index contributed by atoms with van der Waals surface area (Å²) in [6.07, 6.45) is 2.77. The number of rotatable bonds is 2. The van der Waals surface area contributed by atoms with E-state index in [9.17, 15) is 0 Å². The molecule has 16 heavy (non-hydrogen) atoms. The molecule has 2 heteroatoms. The van der Waals surface area contributed by atoms with Gasteiger partial charge in [-0.1, -0.05) is 17.9 Å². The van der Waals surface area contributed by atoms with Crippen molar-refractivity contribution in [2.45, 2.75) is 38.3 Å². The van der Waals surface area contributed by atoms with E-state index in [1.165, 1.54) is 12.8 Å². The topological polar surface area (TPSA) is 35.2 Å². The Balaban J connectivity index is 2.11. The van der Waals surface area contributed by atoms with Crippen molar-refractivity contribution in [1.29, 1.82) is 0 Å². The standard InChI is InChI=1S/C14H17NO/c1-14(2,15)9-8-11-4-3-5-13(10-11)16-12-6-7-12/h3-5,10,12H,6-7,15H2,1-2H3. The van der Waals surface area contributed by atoms with E-state index in [0.717, 1.165) is 11.3 Å². The summed E-state index contributed by atoms with van der Waals surface area (Å²) < 4.78 is 5.70. The maximum Gasteiger partial charge on any atom is 0.120 e. The minimum atomic E-state index is -0.451. The van der Waals surface area contributed by atoms with Crippen LogP contribution in [0, 0.1) is 11.8 Å². The second-order valence-corrected chi connectivity index (χ2v) is 4.82. The van der Waals surface area contributed by atoms with Gasteiger partial charge in [0.2, 0.25) is 0 Å². The second kappa shape index (κ2) is 4.19. The van der Waals surface area contributed by atoms with Crippen LogP contribution in [0.15, 0.2) is 24.3 Å². The fourth-order valence-corrected chi connectivity index (χ4v) is 1.26. The molecule has 0 aliphatic heterocycles. The van der Waals surface area contributed by atoms with Crippen LogP contribution in [0.5, 0.6) is 5.75 Å². The zero-order chi connectivity index (χ0) is 11.6. The third-order valence-electron chi connectivity index (χ3n) is 2.19. The van der Waals surface area contributed by atoms with Gasteiger partial charge in [-0.05, 0) is 44.9 Å². The normalized spacial score (nSPS) is 15.2. The summed E-state index contributed by atoms with van der Waals surface area (Å²) in [5.41, 5.74) is 6.31. The molecule has 1 fully saturated rings. The average molecular weight is 215 g/mol. The number of benzene rings is 1. The van der Waals surface area contributed by atoms with Crippen molar-refractivity contribution >= 4 is 0 Å². The number of ether oxygens (including phenoxy) is 1. The highest BCUT2D eigenvalue weighted by molar-refractivity contribution is 5.41. The Bertz CT molecular complexity index is 430. The lowest BCUT2D eigenvalue weighted by Crippen LogP contribution is -2.29. The first-order valence-corrected chi connectivity index (χ1v) is 5.62. The van der Waals surface area contributed by atoms with Crippen LogP contribution in [0.3, 0.4) is 0 Å². The van der Waals surface area contributed by atoms with Crippen molar-refractivity contribution in [3.05, 3.63) is 29.8 Å². The minimum Gasteiger partial charge on any atom is -0.490 e. The van der Waals surface area contributed by atoms with E-state index < -0.39 is 5.54 Å². The highest BCUT2D eigenvalue weighted by Crippen LogP contribution is 2.26. The first-order valence-electron chi connectivity index (χ1n) is 5.62. The lowest BCUT2D eigenvalue weighted by molar-refractivity contribution is 0.303. The van der Waals surface area contributed by atoms with Gasteiger partial charge in [-0.25, -0.2) is 0 Å². The van der Waals surface area contributed by atoms with Gasteiger partial charge < -0.3 is 10.5 Å². The molecule has 84 valence electrons. The summed E-state index contributed by atoms with van der Waals surface area (Å²) in [6, 6.07) is 7.87. The van der Waals surface area contributed by atoms with Crippen LogP contribution in [0.25, 0.3) is 0 Å². The Hall–Kier alpha value is -1.46. The van der Waals surface area contributed by atoms with Gasteiger partial charge in [0.15, 0.2) is 0 Å². The zero-order valence-corrected chi connectivity index (χ0v) is 9.79. The first-order chi connectivity index (χ1) is 7.53. The van der Waals surface area contributed by atoms with E-state index in [0.29, 0.717) is 6.10 Å². The molecule has 0 unspecified atom stereocenters. The predicted octanol–water partition coefficient (Wildman–Crippen LogP) is 2.32.